The molecule has 0 fully saturated rings. The standard InChI is InChI=1S/C19H22O5/c1-21-16-5-7-17(8-6-16)22-13-3-2-4-14-23-18-9-11-19(12-10-18)24-15-20/h5-12,15H,2-4,13-14H2,1H3. The second-order valence-corrected chi connectivity index (χ2v) is 5.12. The van der Waals surface area contributed by atoms with Gasteiger partial charge in [-0.2, -0.15) is 0 Å². The highest BCUT2D eigenvalue weighted by atomic mass is 16.5. The molecule has 0 heterocycles. The Morgan fingerprint density at radius 2 is 1.17 bits per heavy atom. The van der Waals surface area contributed by atoms with Crippen LogP contribution >= 0.6 is 0 Å². The zero-order valence-corrected chi connectivity index (χ0v) is 13.8. The van der Waals surface area contributed by atoms with Gasteiger partial charge in [0.25, 0.3) is 6.47 Å². The number of carbonyl (C=O) groups is 1. The molecule has 0 radical (unpaired) electrons. The molecule has 0 aromatic heterocycles. The maximum atomic E-state index is 10.2. The number of hydrogen-bond acceptors (Lipinski definition) is 5. The zero-order valence-electron chi connectivity index (χ0n) is 13.8. The SMILES string of the molecule is COc1ccc(OCCCCCOc2ccc(OC=O)cc2)cc1. The summed E-state index contributed by atoms with van der Waals surface area (Å²) in [6.07, 6.45) is 2.96. The van der Waals surface area contributed by atoms with Gasteiger partial charge in [0.05, 0.1) is 20.3 Å². The van der Waals surface area contributed by atoms with Crippen molar-refractivity contribution >= 4 is 6.47 Å². The van der Waals surface area contributed by atoms with Crippen molar-refractivity contribution in [3.05, 3.63) is 48.5 Å². The third-order valence-electron chi connectivity index (χ3n) is 3.39. The van der Waals surface area contributed by atoms with Gasteiger partial charge in [-0.1, -0.05) is 0 Å². The molecule has 2 aromatic rings. The summed E-state index contributed by atoms with van der Waals surface area (Å²) in [6, 6.07) is 14.5. The minimum absolute atomic E-state index is 0.407. The highest BCUT2D eigenvalue weighted by molar-refractivity contribution is 5.45. The van der Waals surface area contributed by atoms with Crippen LogP contribution in [0.2, 0.25) is 0 Å². The average molecular weight is 330 g/mol. The Kier molecular flexibility index (Phi) is 7.47. The van der Waals surface area contributed by atoms with E-state index in [9.17, 15) is 4.79 Å². The summed E-state index contributed by atoms with van der Waals surface area (Å²) in [5.74, 6) is 2.95. The van der Waals surface area contributed by atoms with E-state index in [4.69, 9.17) is 18.9 Å². The molecule has 0 spiro atoms. The van der Waals surface area contributed by atoms with E-state index in [2.05, 4.69) is 0 Å². The monoisotopic (exact) mass is 330 g/mol. The van der Waals surface area contributed by atoms with E-state index in [1.165, 1.54) is 0 Å². The zero-order chi connectivity index (χ0) is 17.0. The summed E-state index contributed by atoms with van der Waals surface area (Å²) in [6.45, 7) is 1.74. The molecule has 0 aliphatic heterocycles. The molecule has 0 aliphatic carbocycles. The Bertz CT molecular complexity index is 592. The Morgan fingerprint density at radius 1 is 0.708 bits per heavy atom. The van der Waals surface area contributed by atoms with Crippen LogP contribution in [0.5, 0.6) is 23.0 Å². The molecule has 128 valence electrons. The van der Waals surface area contributed by atoms with Crippen LogP contribution in [0.4, 0.5) is 0 Å². The van der Waals surface area contributed by atoms with Gasteiger partial charge in [0.2, 0.25) is 0 Å². The molecule has 24 heavy (non-hydrogen) atoms. The van der Waals surface area contributed by atoms with Crippen molar-refractivity contribution in [1.29, 1.82) is 0 Å². The maximum Gasteiger partial charge on any atom is 0.298 e. The number of hydrogen-bond donors (Lipinski definition) is 0. The molecule has 5 heteroatoms. The lowest BCUT2D eigenvalue weighted by molar-refractivity contribution is -0.120. The predicted octanol–water partition coefficient (Wildman–Crippen LogP) is 3.86. The first-order valence-corrected chi connectivity index (χ1v) is 7.92. The van der Waals surface area contributed by atoms with E-state index in [0.29, 0.717) is 25.4 Å². The van der Waals surface area contributed by atoms with Crippen molar-refractivity contribution in [2.45, 2.75) is 19.3 Å². The predicted molar refractivity (Wildman–Crippen MR) is 91.0 cm³/mol. The van der Waals surface area contributed by atoms with Gasteiger partial charge in [-0.25, -0.2) is 0 Å². The van der Waals surface area contributed by atoms with Crippen LogP contribution in [0.15, 0.2) is 48.5 Å². The second kappa shape index (κ2) is 10.2. The summed E-state index contributed by atoms with van der Waals surface area (Å²) in [7, 11) is 1.64. The van der Waals surface area contributed by atoms with Crippen LogP contribution in [0.1, 0.15) is 19.3 Å². The summed E-state index contributed by atoms with van der Waals surface area (Å²) in [4.78, 5) is 10.2. The van der Waals surface area contributed by atoms with E-state index in [0.717, 1.165) is 36.5 Å². The quantitative estimate of drug-likeness (QED) is 0.462. The van der Waals surface area contributed by atoms with Crippen LogP contribution in [0.25, 0.3) is 0 Å². The summed E-state index contributed by atoms with van der Waals surface area (Å²) < 4.78 is 21.1. The van der Waals surface area contributed by atoms with Gasteiger partial charge in [-0.3, -0.25) is 4.79 Å². The van der Waals surface area contributed by atoms with Gasteiger partial charge in [0, 0.05) is 0 Å². The number of ether oxygens (including phenoxy) is 4. The fourth-order valence-corrected chi connectivity index (χ4v) is 2.10. The Labute approximate surface area is 142 Å². The van der Waals surface area contributed by atoms with Crippen LogP contribution < -0.4 is 18.9 Å². The van der Waals surface area contributed by atoms with Crippen molar-refractivity contribution in [1.82, 2.24) is 0 Å². The summed E-state index contributed by atoms with van der Waals surface area (Å²) in [5.41, 5.74) is 0. The number of benzene rings is 2. The van der Waals surface area contributed by atoms with Crippen LogP contribution in [-0.2, 0) is 4.79 Å². The molecule has 0 amide bonds. The number of methoxy groups -OCH3 is 1. The van der Waals surface area contributed by atoms with Gasteiger partial charge in [0.15, 0.2) is 0 Å². The number of unbranched alkanes of at least 4 members (excludes halogenated alkanes) is 2. The minimum Gasteiger partial charge on any atom is -0.497 e. The molecule has 0 N–H and O–H groups in total. The lowest BCUT2D eigenvalue weighted by Crippen LogP contribution is -2.01. The normalized spacial score (nSPS) is 10.0. The Hall–Kier alpha value is -2.69. The fourth-order valence-electron chi connectivity index (χ4n) is 2.10. The molecule has 0 bridgehead atoms. The lowest BCUT2D eigenvalue weighted by atomic mass is 10.2. The van der Waals surface area contributed by atoms with Gasteiger partial charge < -0.3 is 18.9 Å². The van der Waals surface area contributed by atoms with Crippen molar-refractivity contribution < 1.29 is 23.7 Å². The maximum absolute atomic E-state index is 10.2. The molecular formula is C19H22O5. The molecule has 2 aromatic carbocycles. The molecule has 0 saturated carbocycles. The number of carbonyl (C=O) groups excluding carboxylic acids is 1. The molecule has 0 atom stereocenters. The molecule has 0 aliphatic rings. The first-order valence-electron chi connectivity index (χ1n) is 7.92. The van der Waals surface area contributed by atoms with Crippen LogP contribution in [0.3, 0.4) is 0 Å². The van der Waals surface area contributed by atoms with E-state index in [1.807, 2.05) is 24.3 Å². The smallest absolute Gasteiger partial charge is 0.298 e. The van der Waals surface area contributed by atoms with Crippen LogP contribution in [-0.4, -0.2) is 26.8 Å². The van der Waals surface area contributed by atoms with Crippen molar-refractivity contribution in [2.24, 2.45) is 0 Å². The second-order valence-electron chi connectivity index (χ2n) is 5.12. The first kappa shape index (κ1) is 17.7. The van der Waals surface area contributed by atoms with E-state index < -0.39 is 0 Å². The Balaban J connectivity index is 1.53. The highest BCUT2D eigenvalue weighted by Gasteiger charge is 1.98. The van der Waals surface area contributed by atoms with E-state index >= 15 is 0 Å². The Morgan fingerprint density at radius 3 is 1.62 bits per heavy atom. The largest absolute Gasteiger partial charge is 0.497 e. The van der Waals surface area contributed by atoms with Gasteiger partial charge >= 0.3 is 0 Å². The van der Waals surface area contributed by atoms with Gasteiger partial charge in [0.1, 0.15) is 23.0 Å². The van der Waals surface area contributed by atoms with E-state index in [-0.39, 0.29) is 0 Å². The van der Waals surface area contributed by atoms with E-state index in [1.54, 1.807) is 31.4 Å². The van der Waals surface area contributed by atoms with Crippen molar-refractivity contribution in [3.8, 4) is 23.0 Å². The topological polar surface area (TPSA) is 54.0 Å². The minimum atomic E-state index is 0.407. The molecular weight excluding hydrogens is 308 g/mol. The lowest BCUT2D eigenvalue weighted by Gasteiger charge is -2.08. The van der Waals surface area contributed by atoms with Crippen molar-refractivity contribution in [2.75, 3.05) is 20.3 Å². The molecule has 5 nitrogen and oxygen atoms in total. The summed E-state index contributed by atoms with van der Waals surface area (Å²) >= 11 is 0. The average Bonchev–Trinajstić information content (AvgIpc) is 2.63. The summed E-state index contributed by atoms with van der Waals surface area (Å²) in [5, 5.41) is 0. The first-order chi connectivity index (χ1) is 11.8. The van der Waals surface area contributed by atoms with Gasteiger partial charge in [-0.05, 0) is 67.8 Å². The van der Waals surface area contributed by atoms with Crippen molar-refractivity contribution in [3.63, 3.8) is 0 Å². The molecule has 0 unspecified atom stereocenters. The third-order valence-corrected chi connectivity index (χ3v) is 3.39. The fraction of sp³-hybridized carbons (Fsp3) is 0.316. The van der Waals surface area contributed by atoms with Gasteiger partial charge in [-0.15, -0.1) is 0 Å². The third kappa shape index (κ3) is 6.20. The van der Waals surface area contributed by atoms with Crippen LogP contribution in [0, 0.1) is 0 Å². The number of rotatable bonds is 11. The molecule has 2 rings (SSSR count). The highest BCUT2D eigenvalue weighted by Crippen LogP contribution is 2.18. The molecule has 0 saturated heterocycles.